The van der Waals surface area contributed by atoms with Crippen molar-refractivity contribution in [1.82, 2.24) is 0 Å². The van der Waals surface area contributed by atoms with E-state index in [1.807, 2.05) is 18.2 Å². The van der Waals surface area contributed by atoms with Gasteiger partial charge in [0.2, 0.25) is 0 Å². The Morgan fingerprint density at radius 1 is 0.952 bits per heavy atom. The van der Waals surface area contributed by atoms with Crippen LogP contribution in [-0.2, 0) is 6.42 Å². The van der Waals surface area contributed by atoms with Gasteiger partial charge in [0.1, 0.15) is 0 Å². The summed E-state index contributed by atoms with van der Waals surface area (Å²) < 4.78 is 0. The summed E-state index contributed by atoms with van der Waals surface area (Å²) in [6, 6.07) is 14.7. The minimum absolute atomic E-state index is 0.278. The van der Waals surface area contributed by atoms with Crippen molar-refractivity contribution in [3.8, 4) is 0 Å². The van der Waals surface area contributed by atoms with Gasteiger partial charge in [0, 0.05) is 4.83 Å². The first kappa shape index (κ1) is 16.9. The van der Waals surface area contributed by atoms with E-state index in [2.05, 4.69) is 54.0 Å². The lowest BCUT2D eigenvalue weighted by molar-refractivity contribution is 0.733. The van der Waals surface area contributed by atoms with Crippen molar-refractivity contribution in [3.05, 3.63) is 69.2 Å². The second-order valence-corrected chi connectivity index (χ2v) is 7.32. The molecule has 0 aliphatic carbocycles. The Labute approximate surface area is 145 Å². The Kier molecular flexibility index (Phi) is 6.16. The monoisotopic (exact) mass is 384 g/mol. The SMILES string of the molecule is CCC(C)c1ccc(C(Br)Cc2ccc(Cl)c(Cl)c2)cc1. The molecule has 21 heavy (non-hydrogen) atoms. The van der Waals surface area contributed by atoms with Crippen LogP contribution in [0.15, 0.2) is 42.5 Å². The Hall–Kier alpha value is -0.500. The molecule has 0 radical (unpaired) electrons. The van der Waals surface area contributed by atoms with Gasteiger partial charge in [-0.05, 0) is 47.6 Å². The number of hydrogen-bond donors (Lipinski definition) is 0. The molecular formula is C18H19BrCl2. The third-order valence-corrected chi connectivity index (χ3v) is 5.47. The van der Waals surface area contributed by atoms with E-state index in [-0.39, 0.29) is 4.83 Å². The highest BCUT2D eigenvalue weighted by Gasteiger charge is 2.11. The van der Waals surface area contributed by atoms with Crippen LogP contribution in [0.25, 0.3) is 0 Å². The quantitative estimate of drug-likeness (QED) is 0.478. The number of rotatable bonds is 5. The molecule has 2 aromatic carbocycles. The molecule has 0 saturated carbocycles. The Morgan fingerprint density at radius 3 is 2.14 bits per heavy atom. The van der Waals surface area contributed by atoms with Crippen molar-refractivity contribution in [2.45, 2.75) is 37.4 Å². The van der Waals surface area contributed by atoms with Gasteiger partial charge in [-0.2, -0.15) is 0 Å². The molecule has 3 heteroatoms. The Bertz CT molecular complexity index is 593. The van der Waals surface area contributed by atoms with Gasteiger partial charge >= 0.3 is 0 Å². The topological polar surface area (TPSA) is 0 Å². The van der Waals surface area contributed by atoms with Crippen LogP contribution in [-0.4, -0.2) is 0 Å². The first-order valence-corrected chi connectivity index (χ1v) is 8.86. The van der Waals surface area contributed by atoms with Crippen LogP contribution in [0.1, 0.15) is 47.7 Å². The summed E-state index contributed by atoms with van der Waals surface area (Å²) in [5, 5.41) is 1.21. The Morgan fingerprint density at radius 2 is 1.57 bits per heavy atom. The summed E-state index contributed by atoms with van der Waals surface area (Å²) in [6.45, 7) is 4.48. The minimum Gasteiger partial charge on any atom is -0.0835 e. The van der Waals surface area contributed by atoms with Gasteiger partial charge in [0.15, 0.2) is 0 Å². The maximum Gasteiger partial charge on any atom is 0.0595 e. The normalized spacial score (nSPS) is 14.0. The molecule has 112 valence electrons. The van der Waals surface area contributed by atoms with Gasteiger partial charge in [-0.1, -0.05) is 83.3 Å². The highest BCUT2D eigenvalue weighted by molar-refractivity contribution is 9.09. The summed E-state index contributed by atoms with van der Waals surface area (Å²) in [6.07, 6.45) is 2.06. The van der Waals surface area contributed by atoms with E-state index in [0.717, 1.165) is 6.42 Å². The zero-order chi connectivity index (χ0) is 15.4. The molecule has 0 aliphatic rings. The van der Waals surface area contributed by atoms with Crippen LogP contribution in [0, 0.1) is 0 Å². The predicted octanol–water partition coefficient (Wildman–Crippen LogP) is 7.19. The maximum atomic E-state index is 6.07. The molecule has 0 aromatic heterocycles. The minimum atomic E-state index is 0.278. The predicted molar refractivity (Wildman–Crippen MR) is 97.0 cm³/mol. The van der Waals surface area contributed by atoms with Gasteiger partial charge in [-0.3, -0.25) is 0 Å². The summed E-state index contributed by atoms with van der Waals surface area (Å²) in [4.78, 5) is 0.278. The molecule has 0 amide bonds. The van der Waals surface area contributed by atoms with Crippen molar-refractivity contribution >= 4 is 39.1 Å². The van der Waals surface area contributed by atoms with Gasteiger partial charge < -0.3 is 0 Å². The molecule has 0 bridgehead atoms. The molecule has 0 fully saturated rings. The largest absolute Gasteiger partial charge is 0.0835 e. The van der Waals surface area contributed by atoms with Crippen LogP contribution < -0.4 is 0 Å². The van der Waals surface area contributed by atoms with Crippen molar-refractivity contribution in [2.24, 2.45) is 0 Å². The van der Waals surface area contributed by atoms with Gasteiger partial charge in [-0.25, -0.2) is 0 Å². The third kappa shape index (κ3) is 4.48. The first-order chi connectivity index (χ1) is 10.0. The molecule has 2 atom stereocenters. The summed E-state index contributed by atoms with van der Waals surface area (Å²) in [5.41, 5.74) is 3.86. The second kappa shape index (κ2) is 7.67. The van der Waals surface area contributed by atoms with Crippen LogP contribution in [0.5, 0.6) is 0 Å². The van der Waals surface area contributed by atoms with E-state index in [0.29, 0.717) is 16.0 Å². The fraction of sp³-hybridized carbons (Fsp3) is 0.333. The molecule has 2 rings (SSSR count). The van der Waals surface area contributed by atoms with E-state index in [1.54, 1.807) is 0 Å². The molecule has 0 nitrogen and oxygen atoms in total. The van der Waals surface area contributed by atoms with Crippen LogP contribution in [0.2, 0.25) is 10.0 Å². The van der Waals surface area contributed by atoms with Crippen molar-refractivity contribution in [1.29, 1.82) is 0 Å². The average Bonchev–Trinajstić information content (AvgIpc) is 2.50. The summed E-state index contributed by atoms with van der Waals surface area (Å²) in [7, 11) is 0. The molecule has 0 heterocycles. The zero-order valence-electron chi connectivity index (χ0n) is 12.2. The van der Waals surface area contributed by atoms with Crippen LogP contribution >= 0.6 is 39.1 Å². The van der Waals surface area contributed by atoms with E-state index < -0.39 is 0 Å². The van der Waals surface area contributed by atoms with E-state index in [9.17, 15) is 0 Å². The highest BCUT2D eigenvalue weighted by atomic mass is 79.9. The number of alkyl halides is 1. The van der Waals surface area contributed by atoms with Crippen molar-refractivity contribution in [2.75, 3.05) is 0 Å². The third-order valence-electron chi connectivity index (χ3n) is 3.88. The van der Waals surface area contributed by atoms with Crippen molar-refractivity contribution in [3.63, 3.8) is 0 Å². The second-order valence-electron chi connectivity index (χ2n) is 5.40. The molecule has 0 aliphatic heterocycles. The van der Waals surface area contributed by atoms with E-state index in [4.69, 9.17) is 23.2 Å². The molecule has 0 N–H and O–H groups in total. The maximum absolute atomic E-state index is 6.07. The lowest BCUT2D eigenvalue weighted by Gasteiger charge is -2.14. The number of halogens is 3. The van der Waals surface area contributed by atoms with Crippen LogP contribution in [0.3, 0.4) is 0 Å². The number of benzene rings is 2. The fourth-order valence-electron chi connectivity index (χ4n) is 2.26. The van der Waals surface area contributed by atoms with E-state index >= 15 is 0 Å². The zero-order valence-corrected chi connectivity index (χ0v) is 15.3. The van der Waals surface area contributed by atoms with Gasteiger partial charge in [-0.15, -0.1) is 0 Å². The molecule has 0 saturated heterocycles. The molecular weight excluding hydrogens is 367 g/mol. The van der Waals surface area contributed by atoms with E-state index in [1.165, 1.54) is 23.1 Å². The standard InChI is InChI=1S/C18H19BrCl2/c1-3-12(2)14-5-7-15(8-6-14)16(19)10-13-4-9-17(20)18(21)11-13/h4-9,11-12,16H,3,10H2,1-2H3. The molecule has 2 aromatic rings. The molecule has 0 spiro atoms. The lowest BCUT2D eigenvalue weighted by atomic mass is 9.96. The fourth-order valence-corrected chi connectivity index (χ4v) is 3.26. The highest BCUT2D eigenvalue weighted by Crippen LogP contribution is 2.31. The first-order valence-electron chi connectivity index (χ1n) is 7.19. The van der Waals surface area contributed by atoms with Crippen molar-refractivity contribution < 1.29 is 0 Å². The molecule has 2 unspecified atom stereocenters. The van der Waals surface area contributed by atoms with Gasteiger partial charge in [0.05, 0.1) is 10.0 Å². The average molecular weight is 386 g/mol. The van der Waals surface area contributed by atoms with Crippen LogP contribution in [0.4, 0.5) is 0 Å². The smallest absolute Gasteiger partial charge is 0.0595 e. The number of hydrogen-bond acceptors (Lipinski definition) is 0. The lowest BCUT2D eigenvalue weighted by Crippen LogP contribution is -1.97. The summed E-state index contributed by atoms with van der Waals surface area (Å²) in [5.74, 6) is 0.614. The summed E-state index contributed by atoms with van der Waals surface area (Å²) >= 11 is 15.8. The Balaban J connectivity index is 2.09. The van der Waals surface area contributed by atoms with Gasteiger partial charge in [0.25, 0.3) is 0 Å².